The van der Waals surface area contributed by atoms with Crippen LogP contribution in [0.4, 0.5) is 70.2 Å². The van der Waals surface area contributed by atoms with Crippen molar-refractivity contribution in [1.29, 1.82) is 0 Å². The van der Waals surface area contributed by atoms with Gasteiger partial charge in [0.2, 0.25) is 0 Å². The van der Waals surface area contributed by atoms with Gasteiger partial charge >= 0.3 is 47.4 Å². The first-order valence-corrected chi connectivity index (χ1v) is 9.78. The van der Waals surface area contributed by atoms with Crippen LogP contribution in [0.15, 0.2) is 12.7 Å². The lowest BCUT2D eigenvalue weighted by molar-refractivity contribution is -0.453. The van der Waals surface area contributed by atoms with E-state index in [2.05, 4.69) is 6.58 Å². The Bertz CT molecular complexity index is 684. The molecule has 17 heteroatoms. The Kier molecular flexibility index (Phi) is 9.24. The highest BCUT2D eigenvalue weighted by Crippen LogP contribution is 2.64. The van der Waals surface area contributed by atoms with Gasteiger partial charge in [0.05, 0.1) is 0 Å². The van der Waals surface area contributed by atoms with E-state index in [-0.39, 0.29) is 18.9 Å². The van der Waals surface area contributed by atoms with E-state index in [0.717, 1.165) is 22.6 Å². The van der Waals surface area contributed by atoms with Crippen molar-refractivity contribution in [3.05, 3.63) is 12.7 Å². The molecule has 0 N–H and O–H groups in total. The summed E-state index contributed by atoms with van der Waals surface area (Å²) in [6, 6.07) is 0. The number of hydrogen-bond donors (Lipinski definition) is 0. The SMILES string of the molecule is C=CCC(F)(F)C(F)(F)C(F)(F)C(F)(F)C(F)(F)C(F)(F)C(F)(F)C(F)(F)CC(I)CCC. The molecule has 0 saturated carbocycles. The van der Waals surface area contributed by atoms with Gasteiger partial charge in [0, 0.05) is 16.8 Å². The zero-order valence-electron chi connectivity index (χ0n) is 16.1. The van der Waals surface area contributed by atoms with E-state index >= 15 is 0 Å². The largest absolute Gasteiger partial charge is 0.384 e. The summed E-state index contributed by atoms with van der Waals surface area (Å²) in [6.45, 7) is 3.69. The molecule has 0 nitrogen and oxygen atoms in total. The van der Waals surface area contributed by atoms with Crippen LogP contribution in [-0.2, 0) is 0 Å². The Morgan fingerprint density at radius 1 is 0.606 bits per heavy atom. The van der Waals surface area contributed by atoms with E-state index in [1.807, 2.05) is 0 Å². The maximum atomic E-state index is 13.7. The summed E-state index contributed by atoms with van der Waals surface area (Å²) in [5, 5.41) is 0. The molecule has 0 fully saturated rings. The van der Waals surface area contributed by atoms with Gasteiger partial charge in [0.1, 0.15) is 0 Å². The molecule has 1 atom stereocenters. The molecule has 0 aliphatic carbocycles. The second-order valence-electron chi connectivity index (χ2n) is 6.94. The quantitative estimate of drug-likeness (QED) is 0.0821. The molecule has 0 heterocycles. The molecule has 33 heavy (non-hydrogen) atoms. The zero-order chi connectivity index (χ0) is 27.1. The fraction of sp³-hybridized carbons (Fsp3) is 0.875. The Hall–Kier alpha value is -0.650. The molecule has 0 aromatic heterocycles. The predicted molar refractivity (Wildman–Crippen MR) is 91.7 cm³/mol. The summed E-state index contributed by atoms with van der Waals surface area (Å²) in [6.07, 6.45) is -5.53. The van der Waals surface area contributed by atoms with Crippen LogP contribution < -0.4 is 0 Å². The summed E-state index contributed by atoms with van der Waals surface area (Å²) >= 11 is 1.01. The maximum Gasteiger partial charge on any atom is 0.384 e. The van der Waals surface area contributed by atoms with E-state index in [1.165, 1.54) is 6.92 Å². The topological polar surface area (TPSA) is 0 Å². The van der Waals surface area contributed by atoms with Gasteiger partial charge in [-0.05, 0) is 6.42 Å². The lowest BCUT2D eigenvalue weighted by Gasteiger charge is -2.43. The second-order valence-corrected chi connectivity index (χ2v) is 8.70. The molecule has 0 spiro atoms. The fourth-order valence-electron chi connectivity index (χ4n) is 2.38. The van der Waals surface area contributed by atoms with Gasteiger partial charge in [-0.1, -0.05) is 42.0 Å². The monoisotopic (exact) mass is 638 g/mol. The van der Waals surface area contributed by atoms with Crippen LogP contribution in [0.2, 0.25) is 0 Å². The molecular weight excluding hydrogens is 623 g/mol. The second kappa shape index (κ2) is 9.43. The standard InChI is InChI=1S/C16H15F16I/c1-3-5-8(33)7-10(19,20)12(23,24)14(27,28)16(31,32)15(29,30)13(25,26)11(21,22)9(17,18)6-4-2/h4,8H,2-3,5-7H2,1H3. The highest BCUT2D eigenvalue weighted by molar-refractivity contribution is 14.1. The van der Waals surface area contributed by atoms with Crippen molar-refractivity contribution in [2.24, 2.45) is 0 Å². The zero-order valence-corrected chi connectivity index (χ0v) is 18.3. The van der Waals surface area contributed by atoms with E-state index in [0.29, 0.717) is 0 Å². The summed E-state index contributed by atoms with van der Waals surface area (Å²) in [7, 11) is 0. The van der Waals surface area contributed by atoms with Crippen molar-refractivity contribution in [2.45, 2.75) is 83.9 Å². The minimum absolute atomic E-state index is 0.0138. The molecule has 0 amide bonds. The molecule has 0 aromatic rings. The van der Waals surface area contributed by atoms with E-state index < -0.39 is 64.1 Å². The first-order chi connectivity index (χ1) is 14.3. The van der Waals surface area contributed by atoms with E-state index in [4.69, 9.17) is 0 Å². The molecule has 1 unspecified atom stereocenters. The van der Waals surface area contributed by atoms with Crippen LogP contribution in [0, 0.1) is 0 Å². The van der Waals surface area contributed by atoms with Gasteiger partial charge in [0.25, 0.3) is 0 Å². The van der Waals surface area contributed by atoms with Gasteiger partial charge in [-0.3, -0.25) is 0 Å². The Morgan fingerprint density at radius 3 is 1.21 bits per heavy atom. The maximum absolute atomic E-state index is 13.7. The van der Waals surface area contributed by atoms with Crippen molar-refractivity contribution < 1.29 is 70.2 Å². The molecule has 0 rings (SSSR count). The molecule has 0 aliphatic rings. The summed E-state index contributed by atoms with van der Waals surface area (Å²) in [5.41, 5.74) is 0. The summed E-state index contributed by atoms with van der Waals surface area (Å²) in [5.74, 6) is -60.6. The van der Waals surface area contributed by atoms with Gasteiger partial charge < -0.3 is 0 Å². The van der Waals surface area contributed by atoms with Crippen LogP contribution in [0.25, 0.3) is 0 Å². The molecule has 0 aromatic carbocycles. The van der Waals surface area contributed by atoms with Gasteiger partial charge in [0.15, 0.2) is 0 Å². The highest BCUT2D eigenvalue weighted by atomic mass is 127. The highest BCUT2D eigenvalue weighted by Gasteiger charge is 2.94. The average Bonchev–Trinajstić information content (AvgIpc) is 2.60. The number of hydrogen-bond acceptors (Lipinski definition) is 0. The number of rotatable bonds is 13. The Labute approximate surface area is 189 Å². The number of halogens is 17. The molecule has 0 aliphatic heterocycles. The van der Waals surface area contributed by atoms with Gasteiger partial charge in [-0.25, -0.2) is 0 Å². The normalized spacial score (nSPS) is 16.7. The van der Waals surface area contributed by atoms with Crippen molar-refractivity contribution in [3.8, 4) is 0 Å². The average molecular weight is 638 g/mol. The number of alkyl halides is 17. The molecule has 0 saturated heterocycles. The van der Waals surface area contributed by atoms with Gasteiger partial charge in [-0.2, -0.15) is 70.2 Å². The van der Waals surface area contributed by atoms with Crippen LogP contribution in [0.3, 0.4) is 0 Å². The third-order valence-electron chi connectivity index (χ3n) is 4.37. The van der Waals surface area contributed by atoms with Crippen LogP contribution >= 0.6 is 22.6 Å². The van der Waals surface area contributed by atoms with Crippen LogP contribution in [-0.4, -0.2) is 51.3 Å². The smallest absolute Gasteiger partial charge is 0.200 e. The first kappa shape index (κ1) is 32.4. The lowest BCUT2D eigenvalue weighted by Crippen LogP contribution is -2.74. The fourth-order valence-corrected chi connectivity index (χ4v) is 3.56. The minimum Gasteiger partial charge on any atom is -0.200 e. The molecule has 198 valence electrons. The van der Waals surface area contributed by atoms with Crippen molar-refractivity contribution in [1.82, 2.24) is 0 Å². The van der Waals surface area contributed by atoms with E-state index in [9.17, 15) is 70.2 Å². The van der Waals surface area contributed by atoms with Gasteiger partial charge in [-0.15, -0.1) is 6.58 Å². The predicted octanol–water partition coefficient (Wildman–Crippen LogP) is 8.64. The van der Waals surface area contributed by atoms with Crippen molar-refractivity contribution >= 4 is 22.6 Å². The Balaban J connectivity index is 6.64. The molecule has 0 bridgehead atoms. The summed E-state index contributed by atoms with van der Waals surface area (Å²) < 4.78 is 216. The Morgan fingerprint density at radius 2 is 0.909 bits per heavy atom. The third-order valence-corrected chi connectivity index (χ3v) is 5.43. The lowest BCUT2D eigenvalue weighted by atomic mass is 9.86. The van der Waals surface area contributed by atoms with Crippen LogP contribution in [0.5, 0.6) is 0 Å². The van der Waals surface area contributed by atoms with Crippen molar-refractivity contribution in [2.75, 3.05) is 0 Å². The third kappa shape index (κ3) is 4.89. The first-order valence-electron chi connectivity index (χ1n) is 8.54. The van der Waals surface area contributed by atoms with Crippen LogP contribution in [0.1, 0.15) is 32.6 Å². The molecular formula is C16H15F16I. The summed E-state index contributed by atoms with van der Waals surface area (Å²) in [4.78, 5) is 0. The minimum atomic E-state index is -8.37. The molecule has 0 radical (unpaired) electrons. The van der Waals surface area contributed by atoms with E-state index in [1.54, 1.807) is 0 Å². The number of allylic oxidation sites excluding steroid dienone is 1. The van der Waals surface area contributed by atoms with Crippen molar-refractivity contribution in [3.63, 3.8) is 0 Å².